The fourth-order valence-corrected chi connectivity index (χ4v) is 1.79. The molecule has 0 aliphatic rings. The van der Waals surface area contributed by atoms with Crippen LogP contribution in [-0.4, -0.2) is 31.9 Å². The summed E-state index contributed by atoms with van der Waals surface area (Å²) in [5, 5.41) is 3.45. The first kappa shape index (κ1) is 16.9. The van der Waals surface area contributed by atoms with Crippen molar-refractivity contribution in [3.63, 3.8) is 0 Å². The van der Waals surface area contributed by atoms with Gasteiger partial charge in [0.25, 0.3) is 0 Å². The van der Waals surface area contributed by atoms with Crippen LogP contribution < -0.4 is 10.1 Å². The lowest BCUT2D eigenvalue weighted by Gasteiger charge is -2.13. The molecule has 20 heavy (non-hydrogen) atoms. The molecule has 4 heteroatoms. The fourth-order valence-electron chi connectivity index (χ4n) is 1.79. The number of ether oxygens (including phenoxy) is 2. The van der Waals surface area contributed by atoms with Crippen molar-refractivity contribution in [1.82, 2.24) is 10.3 Å². The molecule has 0 aromatic carbocycles. The highest BCUT2D eigenvalue weighted by molar-refractivity contribution is 5.26. The maximum atomic E-state index is 5.64. The van der Waals surface area contributed by atoms with Crippen LogP contribution in [0, 0.1) is 5.92 Å². The Morgan fingerprint density at radius 3 is 2.50 bits per heavy atom. The Bertz CT molecular complexity index is 392. The van der Waals surface area contributed by atoms with Crippen LogP contribution >= 0.6 is 0 Å². The van der Waals surface area contributed by atoms with Crippen molar-refractivity contribution >= 4 is 0 Å². The van der Waals surface area contributed by atoms with E-state index in [4.69, 9.17) is 9.47 Å². The van der Waals surface area contributed by atoms with Crippen LogP contribution in [0.1, 0.15) is 44.9 Å². The van der Waals surface area contributed by atoms with E-state index in [9.17, 15) is 0 Å². The topological polar surface area (TPSA) is 43.4 Å². The first-order valence-electron chi connectivity index (χ1n) is 7.36. The molecule has 1 heterocycles. The summed E-state index contributed by atoms with van der Waals surface area (Å²) >= 11 is 0. The van der Waals surface area contributed by atoms with Gasteiger partial charge in [0.2, 0.25) is 5.88 Å². The number of nitrogens with zero attached hydrogens (tertiary/aromatic N) is 1. The van der Waals surface area contributed by atoms with E-state index in [-0.39, 0.29) is 0 Å². The molecule has 0 saturated carbocycles. The van der Waals surface area contributed by atoms with E-state index in [1.54, 1.807) is 7.11 Å². The zero-order valence-corrected chi connectivity index (χ0v) is 13.4. The largest absolute Gasteiger partial charge is 0.475 e. The van der Waals surface area contributed by atoms with Crippen molar-refractivity contribution in [2.75, 3.05) is 26.9 Å². The second-order valence-corrected chi connectivity index (χ2v) is 5.76. The summed E-state index contributed by atoms with van der Waals surface area (Å²) in [7, 11) is 1.67. The summed E-state index contributed by atoms with van der Waals surface area (Å²) in [6.45, 7) is 11.7. The van der Waals surface area contributed by atoms with Gasteiger partial charge in [-0.05, 0) is 30.0 Å². The second-order valence-electron chi connectivity index (χ2n) is 5.76. The number of aromatic nitrogens is 1. The lowest BCUT2D eigenvalue weighted by Crippen LogP contribution is -2.19. The van der Waals surface area contributed by atoms with Gasteiger partial charge in [0.15, 0.2) is 0 Å². The monoisotopic (exact) mass is 280 g/mol. The zero-order chi connectivity index (χ0) is 15.0. The van der Waals surface area contributed by atoms with Crippen LogP contribution in [0.4, 0.5) is 0 Å². The normalized spacial score (nSPS) is 11.3. The average Bonchev–Trinajstić information content (AvgIpc) is 2.38. The average molecular weight is 280 g/mol. The molecule has 1 aromatic heterocycles. The van der Waals surface area contributed by atoms with Gasteiger partial charge >= 0.3 is 0 Å². The summed E-state index contributed by atoms with van der Waals surface area (Å²) in [6.07, 6.45) is 0. The molecule has 114 valence electrons. The van der Waals surface area contributed by atoms with Gasteiger partial charge in [-0.25, -0.2) is 4.98 Å². The minimum Gasteiger partial charge on any atom is -0.475 e. The highest BCUT2D eigenvalue weighted by atomic mass is 16.5. The van der Waals surface area contributed by atoms with Gasteiger partial charge in [-0.1, -0.05) is 27.7 Å². The lowest BCUT2D eigenvalue weighted by molar-refractivity contribution is 0.143. The van der Waals surface area contributed by atoms with E-state index in [0.29, 0.717) is 30.9 Å². The highest BCUT2D eigenvalue weighted by Gasteiger charge is 2.07. The van der Waals surface area contributed by atoms with Gasteiger partial charge in [-0.15, -0.1) is 0 Å². The number of hydrogen-bond acceptors (Lipinski definition) is 4. The number of nitrogens with one attached hydrogen (secondary N) is 1. The Balaban J connectivity index is 2.71. The van der Waals surface area contributed by atoms with Crippen LogP contribution in [0.25, 0.3) is 0 Å². The predicted octanol–water partition coefficient (Wildman–Crippen LogP) is 2.98. The van der Waals surface area contributed by atoms with Crippen LogP contribution in [0.15, 0.2) is 12.1 Å². The molecule has 0 unspecified atom stereocenters. The van der Waals surface area contributed by atoms with Gasteiger partial charge in [0, 0.05) is 25.4 Å². The van der Waals surface area contributed by atoms with Crippen molar-refractivity contribution in [2.24, 2.45) is 5.92 Å². The van der Waals surface area contributed by atoms with Crippen molar-refractivity contribution in [2.45, 2.75) is 40.2 Å². The molecule has 0 radical (unpaired) electrons. The number of hydrogen-bond donors (Lipinski definition) is 1. The summed E-state index contributed by atoms with van der Waals surface area (Å²) < 4.78 is 10.6. The third-order valence-electron chi connectivity index (χ3n) is 2.89. The molecular weight excluding hydrogens is 252 g/mol. The standard InChI is InChI=1S/C16H28N2O2/c1-12(2)10-17-11-14-8-15(13(3)4)18-16(9-14)20-7-6-19-5/h8-9,12-13,17H,6-7,10-11H2,1-5H3. The maximum absolute atomic E-state index is 5.64. The van der Waals surface area contributed by atoms with E-state index in [0.717, 1.165) is 18.8 Å². The summed E-state index contributed by atoms with van der Waals surface area (Å²) in [5.74, 6) is 1.73. The van der Waals surface area contributed by atoms with E-state index in [2.05, 4.69) is 44.1 Å². The van der Waals surface area contributed by atoms with Crippen molar-refractivity contribution in [1.29, 1.82) is 0 Å². The van der Waals surface area contributed by atoms with E-state index >= 15 is 0 Å². The molecule has 1 aromatic rings. The molecule has 0 atom stereocenters. The van der Waals surface area contributed by atoms with Gasteiger partial charge in [0.1, 0.15) is 6.61 Å². The Labute approximate surface area is 122 Å². The van der Waals surface area contributed by atoms with Gasteiger partial charge in [-0.2, -0.15) is 0 Å². The first-order chi connectivity index (χ1) is 9.52. The number of pyridine rings is 1. The van der Waals surface area contributed by atoms with Gasteiger partial charge in [-0.3, -0.25) is 0 Å². The lowest BCUT2D eigenvalue weighted by atomic mass is 10.1. The molecule has 4 nitrogen and oxygen atoms in total. The van der Waals surface area contributed by atoms with E-state index in [1.165, 1.54) is 5.56 Å². The van der Waals surface area contributed by atoms with E-state index < -0.39 is 0 Å². The molecule has 0 spiro atoms. The van der Waals surface area contributed by atoms with Gasteiger partial charge in [0.05, 0.1) is 6.61 Å². The zero-order valence-electron chi connectivity index (χ0n) is 13.4. The Hall–Kier alpha value is -1.13. The van der Waals surface area contributed by atoms with E-state index in [1.807, 2.05) is 6.07 Å². The minimum atomic E-state index is 0.393. The molecule has 1 N–H and O–H groups in total. The molecule has 0 aliphatic heterocycles. The molecule has 0 aliphatic carbocycles. The molecule has 0 bridgehead atoms. The molecule has 0 saturated heterocycles. The Morgan fingerprint density at radius 2 is 1.90 bits per heavy atom. The summed E-state index contributed by atoms with van der Waals surface area (Å²) in [4.78, 5) is 4.54. The van der Waals surface area contributed by atoms with Crippen molar-refractivity contribution < 1.29 is 9.47 Å². The van der Waals surface area contributed by atoms with Gasteiger partial charge < -0.3 is 14.8 Å². The maximum Gasteiger partial charge on any atom is 0.213 e. The first-order valence-corrected chi connectivity index (χ1v) is 7.36. The highest BCUT2D eigenvalue weighted by Crippen LogP contribution is 2.19. The quantitative estimate of drug-likeness (QED) is 0.706. The summed E-state index contributed by atoms with van der Waals surface area (Å²) in [6, 6.07) is 4.16. The van der Waals surface area contributed by atoms with Crippen molar-refractivity contribution in [3.05, 3.63) is 23.4 Å². The molecule has 1 rings (SSSR count). The van der Waals surface area contributed by atoms with Crippen molar-refractivity contribution in [3.8, 4) is 5.88 Å². The third kappa shape index (κ3) is 6.35. The molecule has 0 fully saturated rings. The smallest absolute Gasteiger partial charge is 0.213 e. The predicted molar refractivity (Wildman–Crippen MR) is 82.2 cm³/mol. The molecular formula is C16H28N2O2. The van der Waals surface area contributed by atoms with Crippen LogP contribution in [0.2, 0.25) is 0 Å². The summed E-state index contributed by atoms with van der Waals surface area (Å²) in [5.41, 5.74) is 2.29. The van der Waals surface area contributed by atoms with Crippen LogP contribution in [-0.2, 0) is 11.3 Å². The molecule has 0 amide bonds. The number of rotatable bonds is 9. The fraction of sp³-hybridized carbons (Fsp3) is 0.688. The third-order valence-corrected chi connectivity index (χ3v) is 2.89. The minimum absolute atomic E-state index is 0.393. The van der Waals surface area contributed by atoms with Crippen LogP contribution in [0.3, 0.4) is 0 Å². The number of methoxy groups -OCH3 is 1. The Kier molecular flexibility index (Phi) is 7.55. The SMILES string of the molecule is COCCOc1cc(CNCC(C)C)cc(C(C)C)n1. The second kappa shape index (κ2) is 8.93. The Morgan fingerprint density at radius 1 is 1.15 bits per heavy atom. The van der Waals surface area contributed by atoms with Crippen LogP contribution in [0.5, 0.6) is 5.88 Å².